The van der Waals surface area contributed by atoms with Crippen molar-refractivity contribution >= 4 is 0 Å². The molecule has 0 saturated heterocycles. The van der Waals surface area contributed by atoms with Crippen LogP contribution in [0, 0.1) is 0 Å². The number of hydrogen-bond donors (Lipinski definition) is 2. The van der Waals surface area contributed by atoms with Crippen LogP contribution in [0.25, 0.3) is 0 Å². The molecule has 2 nitrogen and oxygen atoms in total. The van der Waals surface area contributed by atoms with E-state index in [2.05, 4.69) is 43.4 Å². The highest BCUT2D eigenvalue weighted by atomic mass is 16.3. The summed E-state index contributed by atoms with van der Waals surface area (Å²) < 4.78 is 0. The van der Waals surface area contributed by atoms with Crippen LogP contribution in [0.2, 0.25) is 0 Å². The fourth-order valence-electron chi connectivity index (χ4n) is 2.31. The van der Waals surface area contributed by atoms with Crippen LogP contribution in [0.1, 0.15) is 31.0 Å². The van der Waals surface area contributed by atoms with Gasteiger partial charge in [-0.3, -0.25) is 0 Å². The highest BCUT2D eigenvalue weighted by molar-refractivity contribution is 5.26. The number of nitrogens with one attached hydrogen (secondary N) is 1. The molecule has 0 bridgehead atoms. The molecule has 2 N–H and O–H groups in total. The molecule has 2 aromatic rings. The van der Waals surface area contributed by atoms with Crippen LogP contribution in [0.3, 0.4) is 0 Å². The molecule has 0 radical (unpaired) electrons. The lowest BCUT2D eigenvalue weighted by Gasteiger charge is -2.20. The van der Waals surface area contributed by atoms with Crippen LogP contribution in [-0.4, -0.2) is 11.1 Å². The van der Waals surface area contributed by atoms with Crippen molar-refractivity contribution in [2.24, 2.45) is 0 Å². The van der Waals surface area contributed by atoms with Gasteiger partial charge in [0.15, 0.2) is 0 Å². The second-order valence-electron chi connectivity index (χ2n) is 5.07. The Hall–Kier alpha value is -1.80. The molecule has 2 heteroatoms. The van der Waals surface area contributed by atoms with Crippen LogP contribution in [0.4, 0.5) is 0 Å². The summed E-state index contributed by atoms with van der Waals surface area (Å²) in [5, 5.41) is 12.9. The van der Waals surface area contributed by atoms with Gasteiger partial charge < -0.3 is 10.4 Å². The summed E-state index contributed by atoms with van der Waals surface area (Å²) >= 11 is 0. The molecule has 0 aliphatic rings. The third-order valence-electron chi connectivity index (χ3n) is 3.31. The van der Waals surface area contributed by atoms with E-state index in [0.29, 0.717) is 17.8 Å². The first-order valence-electron chi connectivity index (χ1n) is 6.74. The summed E-state index contributed by atoms with van der Waals surface area (Å²) in [5.41, 5.74) is 2.54. The SMILES string of the molecule is C[C@H](N[C@@H](C)Cc1ccc(O)cc1)c1ccccc1. The van der Waals surface area contributed by atoms with E-state index in [4.69, 9.17) is 0 Å². The van der Waals surface area contributed by atoms with Gasteiger partial charge in [-0.1, -0.05) is 42.5 Å². The Bertz CT molecular complexity index is 492. The molecule has 0 aromatic heterocycles. The molecule has 100 valence electrons. The zero-order valence-corrected chi connectivity index (χ0v) is 11.5. The van der Waals surface area contributed by atoms with Gasteiger partial charge in [0, 0.05) is 12.1 Å². The maximum absolute atomic E-state index is 9.27. The van der Waals surface area contributed by atoms with E-state index in [1.807, 2.05) is 18.2 Å². The summed E-state index contributed by atoms with van der Waals surface area (Å²) in [4.78, 5) is 0. The van der Waals surface area contributed by atoms with Gasteiger partial charge in [-0.25, -0.2) is 0 Å². The summed E-state index contributed by atoms with van der Waals surface area (Å²) in [6.07, 6.45) is 0.956. The number of rotatable bonds is 5. The van der Waals surface area contributed by atoms with Crippen molar-refractivity contribution in [2.75, 3.05) is 0 Å². The zero-order valence-electron chi connectivity index (χ0n) is 11.5. The van der Waals surface area contributed by atoms with Gasteiger partial charge in [0.1, 0.15) is 5.75 Å². The predicted octanol–water partition coefficient (Wildman–Crippen LogP) is 3.67. The fourth-order valence-corrected chi connectivity index (χ4v) is 2.31. The standard InChI is InChI=1S/C17H21NO/c1-13(12-15-8-10-17(19)11-9-15)18-14(2)16-6-4-3-5-7-16/h3-11,13-14,18-19H,12H2,1-2H3/t13-,14-/m0/s1. The van der Waals surface area contributed by atoms with Crippen LogP contribution >= 0.6 is 0 Å². The van der Waals surface area contributed by atoms with Gasteiger partial charge in [0.2, 0.25) is 0 Å². The number of phenols is 1. The van der Waals surface area contributed by atoms with E-state index in [-0.39, 0.29) is 0 Å². The Labute approximate surface area is 115 Å². The Balaban J connectivity index is 1.90. The van der Waals surface area contributed by atoms with Crippen molar-refractivity contribution in [1.82, 2.24) is 5.32 Å². The number of aromatic hydroxyl groups is 1. The average Bonchev–Trinajstić information content (AvgIpc) is 2.42. The minimum Gasteiger partial charge on any atom is -0.508 e. The summed E-state index contributed by atoms with van der Waals surface area (Å²) in [5.74, 6) is 0.321. The van der Waals surface area contributed by atoms with Crippen molar-refractivity contribution < 1.29 is 5.11 Å². The molecular weight excluding hydrogens is 234 g/mol. The quantitative estimate of drug-likeness (QED) is 0.854. The molecular formula is C17H21NO. The van der Waals surface area contributed by atoms with E-state index in [1.54, 1.807) is 12.1 Å². The highest BCUT2D eigenvalue weighted by Gasteiger charge is 2.09. The van der Waals surface area contributed by atoms with Gasteiger partial charge >= 0.3 is 0 Å². The molecule has 0 saturated carbocycles. The van der Waals surface area contributed by atoms with Crippen molar-refractivity contribution in [1.29, 1.82) is 0 Å². The summed E-state index contributed by atoms with van der Waals surface area (Å²) in [7, 11) is 0. The van der Waals surface area contributed by atoms with Crippen molar-refractivity contribution in [3.63, 3.8) is 0 Å². The van der Waals surface area contributed by atoms with E-state index >= 15 is 0 Å². The van der Waals surface area contributed by atoms with E-state index in [9.17, 15) is 5.11 Å². The fraction of sp³-hybridized carbons (Fsp3) is 0.294. The molecule has 2 rings (SSSR count). The zero-order chi connectivity index (χ0) is 13.7. The molecule has 0 unspecified atom stereocenters. The van der Waals surface area contributed by atoms with Gasteiger partial charge in [0.05, 0.1) is 0 Å². The molecule has 0 aliphatic heterocycles. The summed E-state index contributed by atoms with van der Waals surface area (Å²) in [6.45, 7) is 4.37. The third kappa shape index (κ3) is 4.11. The summed E-state index contributed by atoms with van der Waals surface area (Å²) in [6, 6.07) is 18.6. The minimum atomic E-state index is 0.321. The van der Waals surface area contributed by atoms with E-state index < -0.39 is 0 Å². The van der Waals surface area contributed by atoms with Gasteiger partial charge in [-0.2, -0.15) is 0 Å². The topological polar surface area (TPSA) is 32.3 Å². The molecule has 0 spiro atoms. The first-order valence-corrected chi connectivity index (χ1v) is 6.74. The highest BCUT2D eigenvalue weighted by Crippen LogP contribution is 2.15. The minimum absolute atomic E-state index is 0.321. The Morgan fingerprint density at radius 3 is 2.21 bits per heavy atom. The molecule has 0 fully saturated rings. The van der Waals surface area contributed by atoms with Gasteiger partial charge in [-0.15, -0.1) is 0 Å². The van der Waals surface area contributed by atoms with Crippen LogP contribution in [0.15, 0.2) is 54.6 Å². The predicted molar refractivity (Wildman–Crippen MR) is 79.3 cm³/mol. The Morgan fingerprint density at radius 2 is 1.58 bits per heavy atom. The van der Waals surface area contributed by atoms with Crippen molar-refractivity contribution in [3.8, 4) is 5.75 Å². The van der Waals surface area contributed by atoms with Crippen LogP contribution in [-0.2, 0) is 6.42 Å². The van der Waals surface area contributed by atoms with E-state index in [0.717, 1.165) is 6.42 Å². The Kier molecular flexibility index (Phi) is 4.58. The molecule has 19 heavy (non-hydrogen) atoms. The van der Waals surface area contributed by atoms with Crippen LogP contribution in [0.5, 0.6) is 5.75 Å². The molecule has 2 atom stereocenters. The van der Waals surface area contributed by atoms with Gasteiger partial charge in [-0.05, 0) is 43.5 Å². The van der Waals surface area contributed by atoms with Crippen molar-refractivity contribution in [3.05, 3.63) is 65.7 Å². The first-order chi connectivity index (χ1) is 9.15. The molecule has 0 amide bonds. The number of hydrogen-bond acceptors (Lipinski definition) is 2. The third-order valence-corrected chi connectivity index (χ3v) is 3.31. The first kappa shape index (κ1) is 13.6. The van der Waals surface area contributed by atoms with Gasteiger partial charge in [0.25, 0.3) is 0 Å². The monoisotopic (exact) mass is 255 g/mol. The Morgan fingerprint density at radius 1 is 0.947 bits per heavy atom. The largest absolute Gasteiger partial charge is 0.508 e. The second kappa shape index (κ2) is 6.39. The lowest BCUT2D eigenvalue weighted by atomic mass is 10.0. The smallest absolute Gasteiger partial charge is 0.115 e. The van der Waals surface area contributed by atoms with Crippen LogP contribution < -0.4 is 5.32 Å². The van der Waals surface area contributed by atoms with Crippen molar-refractivity contribution in [2.45, 2.75) is 32.4 Å². The lowest BCUT2D eigenvalue weighted by molar-refractivity contribution is 0.470. The normalized spacial score (nSPS) is 14.0. The molecule has 0 aliphatic carbocycles. The average molecular weight is 255 g/mol. The molecule has 2 aromatic carbocycles. The second-order valence-corrected chi connectivity index (χ2v) is 5.07. The molecule has 0 heterocycles. The maximum atomic E-state index is 9.27. The maximum Gasteiger partial charge on any atom is 0.115 e. The number of benzene rings is 2. The van der Waals surface area contributed by atoms with E-state index in [1.165, 1.54) is 11.1 Å². The lowest BCUT2D eigenvalue weighted by Crippen LogP contribution is -2.30. The number of phenolic OH excluding ortho intramolecular Hbond substituents is 1.